The van der Waals surface area contributed by atoms with Crippen LogP contribution in [0.4, 0.5) is 0 Å². The van der Waals surface area contributed by atoms with Crippen LogP contribution >= 0.6 is 0 Å². The Morgan fingerprint density at radius 3 is 2.88 bits per heavy atom. The predicted octanol–water partition coefficient (Wildman–Crippen LogP) is 4.73. The molecule has 0 aromatic heterocycles. The second kappa shape index (κ2) is 9.64. The summed E-state index contributed by atoms with van der Waals surface area (Å²) in [4.78, 5) is 28.5. The number of ether oxygens (including phenoxy) is 1. The zero-order valence-corrected chi connectivity index (χ0v) is 21.3. The van der Waals surface area contributed by atoms with Crippen molar-refractivity contribution in [3.8, 4) is 5.75 Å². The van der Waals surface area contributed by atoms with E-state index in [1.807, 2.05) is 6.92 Å². The number of Topliss-reactive ketones (excluding diaryl/α,β-unsaturated/α-hetero) is 1. The van der Waals surface area contributed by atoms with Crippen LogP contribution in [0.25, 0.3) is 0 Å². The lowest BCUT2D eigenvalue weighted by molar-refractivity contribution is -0.130. The molecule has 1 amide bonds. The Morgan fingerprint density at radius 2 is 2.12 bits per heavy atom. The number of hydrogen-bond acceptors (Lipinski definition) is 4. The molecule has 6 atom stereocenters. The summed E-state index contributed by atoms with van der Waals surface area (Å²) in [7, 11) is 0. The normalized spacial score (nSPS) is 34.9. The number of benzene rings is 1. The van der Waals surface area contributed by atoms with Gasteiger partial charge in [0, 0.05) is 36.9 Å². The van der Waals surface area contributed by atoms with Gasteiger partial charge in [-0.25, -0.2) is 0 Å². The minimum absolute atomic E-state index is 0.0862. The Morgan fingerprint density at radius 1 is 1.26 bits per heavy atom. The van der Waals surface area contributed by atoms with E-state index in [1.54, 1.807) is 0 Å². The maximum Gasteiger partial charge on any atom is 0.223 e. The highest BCUT2D eigenvalue weighted by molar-refractivity contribution is 5.94. The molecule has 3 aliphatic carbocycles. The van der Waals surface area contributed by atoms with Crippen LogP contribution < -0.4 is 10.1 Å². The molecule has 0 spiro atoms. The van der Waals surface area contributed by atoms with Gasteiger partial charge in [0.25, 0.3) is 0 Å². The molecule has 3 fully saturated rings. The number of aryl methyl sites for hydroxylation is 1. The molecule has 1 N–H and O–H groups in total. The van der Waals surface area contributed by atoms with Crippen LogP contribution in [0.1, 0.15) is 82.8 Å². The van der Waals surface area contributed by atoms with Crippen molar-refractivity contribution in [3.05, 3.63) is 29.3 Å². The van der Waals surface area contributed by atoms with E-state index >= 15 is 0 Å². The molecule has 1 saturated heterocycles. The number of ketones is 1. The number of hydrogen-bond donors (Lipinski definition) is 1. The van der Waals surface area contributed by atoms with Gasteiger partial charge in [0.1, 0.15) is 11.5 Å². The Labute approximate surface area is 205 Å². The quantitative estimate of drug-likeness (QED) is 0.591. The first kappa shape index (κ1) is 23.8. The molecule has 1 aliphatic heterocycles. The van der Waals surface area contributed by atoms with E-state index in [1.165, 1.54) is 30.5 Å². The number of nitrogens with one attached hydrogen (secondary N) is 1. The number of amides is 1. The average Bonchev–Trinajstić information content (AvgIpc) is 3.36. The molecule has 5 rings (SSSR count). The second-order valence-corrected chi connectivity index (χ2v) is 11.5. The van der Waals surface area contributed by atoms with Crippen molar-refractivity contribution in [2.45, 2.75) is 84.1 Å². The first-order valence-electron chi connectivity index (χ1n) is 13.7. The van der Waals surface area contributed by atoms with Gasteiger partial charge in [0.15, 0.2) is 0 Å². The van der Waals surface area contributed by atoms with Gasteiger partial charge in [-0.1, -0.05) is 13.0 Å². The van der Waals surface area contributed by atoms with E-state index in [0.717, 1.165) is 57.0 Å². The summed E-state index contributed by atoms with van der Waals surface area (Å²) in [6.07, 6.45) is 8.18. The smallest absolute Gasteiger partial charge is 0.223 e. The first-order chi connectivity index (χ1) is 16.4. The predicted molar refractivity (Wildman–Crippen MR) is 134 cm³/mol. The van der Waals surface area contributed by atoms with Gasteiger partial charge in [-0.15, -0.1) is 0 Å². The zero-order valence-electron chi connectivity index (χ0n) is 21.3. The van der Waals surface area contributed by atoms with Crippen LogP contribution in [-0.2, 0) is 16.0 Å². The average molecular weight is 467 g/mol. The largest absolute Gasteiger partial charge is 0.494 e. The fourth-order valence-corrected chi connectivity index (χ4v) is 7.87. The molecule has 2 saturated carbocycles. The van der Waals surface area contributed by atoms with Crippen molar-refractivity contribution in [3.63, 3.8) is 0 Å². The summed E-state index contributed by atoms with van der Waals surface area (Å²) in [5, 5.41) is 3.01. The standard InChI is InChI=1S/C29H42N2O3/c1-4-30-28(33)25-18-26(32)29(3)13-12-23-22-11-9-21(17-20(22)8-10-24(23)27(25)29)34-16-6-15-31-14-5-7-19(31)2/h9,11,17,19,23-25,27H,4-8,10,12-16,18H2,1-3H3,(H,30,33)/t19-,23+,24+,25-,27+,29+/m0/s1. The molecule has 0 radical (unpaired) electrons. The molecule has 0 unspecified atom stereocenters. The van der Waals surface area contributed by atoms with Gasteiger partial charge in [0.05, 0.1) is 6.61 Å². The molecule has 5 heteroatoms. The lowest BCUT2D eigenvalue weighted by atomic mass is 9.54. The maximum atomic E-state index is 13.0. The van der Waals surface area contributed by atoms with Crippen LogP contribution in [0, 0.1) is 23.2 Å². The summed E-state index contributed by atoms with van der Waals surface area (Å²) in [6, 6.07) is 7.41. The summed E-state index contributed by atoms with van der Waals surface area (Å²) in [5.74, 6) is 2.27. The molecular weight excluding hydrogens is 424 g/mol. The number of carbonyl (C=O) groups excluding carboxylic acids is 2. The van der Waals surface area contributed by atoms with Crippen molar-refractivity contribution in [1.82, 2.24) is 10.2 Å². The molecule has 186 valence electrons. The van der Waals surface area contributed by atoms with E-state index in [0.29, 0.717) is 30.6 Å². The topological polar surface area (TPSA) is 58.6 Å². The highest BCUT2D eigenvalue weighted by Crippen LogP contribution is 2.61. The van der Waals surface area contributed by atoms with Gasteiger partial charge in [-0.2, -0.15) is 0 Å². The number of carbonyl (C=O) groups is 2. The number of nitrogens with zero attached hydrogens (tertiary/aromatic N) is 1. The molecule has 34 heavy (non-hydrogen) atoms. The molecule has 1 heterocycles. The van der Waals surface area contributed by atoms with Crippen molar-refractivity contribution in [2.24, 2.45) is 23.2 Å². The number of likely N-dealkylation sites (tertiary alicyclic amines) is 1. The van der Waals surface area contributed by atoms with Gasteiger partial charge < -0.3 is 15.0 Å². The van der Waals surface area contributed by atoms with Crippen LogP contribution in [0.2, 0.25) is 0 Å². The highest BCUT2D eigenvalue weighted by atomic mass is 16.5. The number of rotatable bonds is 7. The number of fused-ring (bicyclic) bond motifs is 5. The summed E-state index contributed by atoms with van der Waals surface area (Å²) < 4.78 is 6.15. The van der Waals surface area contributed by atoms with Gasteiger partial charge in [-0.3, -0.25) is 9.59 Å². The van der Waals surface area contributed by atoms with Crippen LogP contribution in [0.15, 0.2) is 18.2 Å². The fraction of sp³-hybridized carbons (Fsp3) is 0.724. The third kappa shape index (κ3) is 4.19. The molecule has 5 nitrogen and oxygen atoms in total. The molecule has 0 bridgehead atoms. The Bertz CT molecular complexity index is 930. The first-order valence-corrected chi connectivity index (χ1v) is 13.7. The lowest BCUT2D eigenvalue weighted by Gasteiger charge is -2.49. The van der Waals surface area contributed by atoms with Gasteiger partial charge in [-0.05, 0) is 106 Å². The third-order valence-electron chi connectivity index (χ3n) is 9.66. The highest BCUT2D eigenvalue weighted by Gasteiger charge is 2.60. The van der Waals surface area contributed by atoms with Crippen molar-refractivity contribution in [2.75, 3.05) is 26.2 Å². The summed E-state index contributed by atoms with van der Waals surface area (Å²) in [6.45, 7) is 10.2. The molecule has 1 aromatic rings. The van der Waals surface area contributed by atoms with E-state index in [9.17, 15) is 9.59 Å². The molecule has 1 aromatic carbocycles. The Balaban J connectivity index is 1.26. The van der Waals surface area contributed by atoms with Crippen molar-refractivity contribution >= 4 is 11.7 Å². The van der Waals surface area contributed by atoms with E-state index in [-0.39, 0.29) is 23.2 Å². The molecule has 4 aliphatic rings. The van der Waals surface area contributed by atoms with E-state index < -0.39 is 0 Å². The zero-order chi connectivity index (χ0) is 23.9. The van der Waals surface area contributed by atoms with E-state index in [4.69, 9.17) is 4.74 Å². The van der Waals surface area contributed by atoms with Crippen LogP contribution in [-0.4, -0.2) is 48.9 Å². The van der Waals surface area contributed by atoms with Crippen molar-refractivity contribution in [1.29, 1.82) is 0 Å². The fourth-order valence-electron chi connectivity index (χ4n) is 7.87. The van der Waals surface area contributed by atoms with Crippen molar-refractivity contribution < 1.29 is 14.3 Å². The minimum Gasteiger partial charge on any atom is -0.494 e. The minimum atomic E-state index is -0.329. The molecular formula is C29H42N2O3. The van der Waals surface area contributed by atoms with Gasteiger partial charge in [0.2, 0.25) is 5.91 Å². The summed E-state index contributed by atoms with van der Waals surface area (Å²) in [5.41, 5.74) is 2.52. The lowest BCUT2D eigenvalue weighted by Crippen LogP contribution is -2.46. The van der Waals surface area contributed by atoms with Crippen LogP contribution in [0.3, 0.4) is 0 Å². The Hall–Kier alpha value is -1.88. The van der Waals surface area contributed by atoms with Crippen LogP contribution in [0.5, 0.6) is 5.75 Å². The monoisotopic (exact) mass is 466 g/mol. The summed E-state index contributed by atoms with van der Waals surface area (Å²) >= 11 is 0. The second-order valence-electron chi connectivity index (χ2n) is 11.5. The Kier molecular flexibility index (Phi) is 6.76. The SMILES string of the molecule is CCNC(=O)[C@H]1CC(=O)[C@@]2(C)CC[C@@H]3c4ccc(OCCCN5CCC[C@@H]5C)cc4CC[C@H]3[C@H]12. The maximum absolute atomic E-state index is 13.0. The van der Waals surface area contributed by atoms with Gasteiger partial charge >= 0.3 is 0 Å². The van der Waals surface area contributed by atoms with E-state index in [2.05, 4.69) is 42.3 Å². The third-order valence-corrected chi connectivity index (χ3v) is 9.66.